The molecule has 1 unspecified atom stereocenters. The van der Waals surface area contributed by atoms with Crippen molar-refractivity contribution in [3.63, 3.8) is 0 Å². The molecule has 5 rings (SSSR count). The van der Waals surface area contributed by atoms with Crippen LogP contribution in [0.4, 0.5) is 5.69 Å². The molecular weight excluding hydrogens is 544 g/mol. The first-order valence-electron chi connectivity index (χ1n) is 15.1. The summed E-state index contributed by atoms with van der Waals surface area (Å²) < 4.78 is 11.0. The second-order valence-corrected chi connectivity index (χ2v) is 12.9. The number of anilines is 1. The Balaban J connectivity index is 1.26. The maximum atomic E-state index is 13.7. The smallest absolute Gasteiger partial charge is 0.279 e. The predicted octanol–water partition coefficient (Wildman–Crippen LogP) is 6.86. The topological polar surface area (TPSA) is 57.6 Å². The Morgan fingerprint density at radius 1 is 1.02 bits per heavy atom. The van der Waals surface area contributed by atoms with Crippen molar-refractivity contribution in [3.05, 3.63) is 70.4 Å². The van der Waals surface area contributed by atoms with Crippen molar-refractivity contribution in [2.24, 2.45) is 10.9 Å². The molecule has 3 aliphatic rings. The number of nitrogens with zero attached hydrogens (tertiary/aromatic N) is 4. The van der Waals surface area contributed by atoms with Gasteiger partial charge in [-0.3, -0.25) is 14.6 Å². The zero-order valence-corrected chi connectivity index (χ0v) is 26.5. The van der Waals surface area contributed by atoms with E-state index in [1.807, 2.05) is 29.2 Å². The van der Waals surface area contributed by atoms with E-state index < -0.39 is 0 Å². The summed E-state index contributed by atoms with van der Waals surface area (Å²) in [5.74, 6) is 2.96. The third-order valence-electron chi connectivity index (χ3n) is 8.13. The third-order valence-corrected chi connectivity index (χ3v) is 9.14. The van der Waals surface area contributed by atoms with Crippen LogP contribution in [0.2, 0.25) is 0 Å². The Bertz CT molecular complexity index is 1350. The van der Waals surface area contributed by atoms with Gasteiger partial charge in [-0.05, 0) is 87.8 Å². The summed E-state index contributed by atoms with van der Waals surface area (Å²) in [6, 6.07) is 12.2. The lowest BCUT2D eigenvalue weighted by Gasteiger charge is -2.38. The van der Waals surface area contributed by atoms with E-state index in [9.17, 15) is 4.79 Å². The van der Waals surface area contributed by atoms with Gasteiger partial charge in [0.15, 0.2) is 16.7 Å². The summed E-state index contributed by atoms with van der Waals surface area (Å²) in [7, 11) is 0. The number of aryl methyl sites for hydroxylation is 2. The number of hydrogen-bond donors (Lipinski definition) is 0. The largest absolute Gasteiger partial charge is 0.454 e. The standard InChI is InChI=1S/C34H44N4O3S/c1-24(2)8-6-9-25(3)14-19-42-34-35-29(20-28-12-13-30-31(21-28)41-23-40-30)33(39)38(34)22-36-15-17-37(18-16-36)32-26(4)10-7-11-27(32)5/h7-8,10-13,20-21,25H,6,9,14-19,22-23H2,1-5H3. The number of amides is 1. The van der Waals surface area contributed by atoms with Crippen molar-refractivity contribution < 1.29 is 14.3 Å². The first kappa shape index (κ1) is 30.2. The van der Waals surface area contributed by atoms with E-state index >= 15 is 0 Å². The number of hydrogen-bond acceptors (Lipinski definition) is 7. The number of amidine groups is 1. The SMILES string of the molecule is CC(C)=CCCC(C)CCSC1=NC(=Cc2ccc3c(c2)OCO3)C(=O)N1CN1CCN(c2c(C)cccc2C)CC1. The van der Waals surface area contributed by atoms with Crippen LogP contribution in [0, 0.1) is 19.8 Å². The maximum Gasteiger partial charge on any atom is 0.279 e. The highest BCUT2D eigenvalue weighted by Crippen LogP contribution is 2.34. The highest BCUT2D eigenvalue weighted by molar-refractivity contribution is 8.13. The molecule has 1 atom stereocenters. The van der Waals surface area contributed by atoms with Crippen LogP contribution < -0.4 is 14.4 Å². The molecule has 42 heavy (non-hydrogen) atoms. The van der Waals surface area contributed by atoms with Gasteiger partial charge in [-0.1, -0.05) is 54.6 Å². The van der Waals surface area contributed by atoms with Gasteiger partial charge in [-0.25, -0.2) is 4.99 Å². The number of rotatable bonds is 10. The molecule has 0 bridgehead atoms. The van der Waals surface area contributed by atoms with E-state index in [2.05, 4.69) is 68.7 Å². The van der Waals surface area contributed by atoms with E-state index in [-0.39, 0.29) is 12.7 Å². The highest BCUT2D eigenvalue weighted by atomic mass is 32.2. The van der Waals surface area contributed by atoms with Crippen LogP contribution in [0.1, 0.15) is 56.7 Å². The molecule has 1 fully saturated rings. The molecule has 2 aromatic carbocycles. The Labute approximate surface area is 255 Å². The lowest BCUT2D eigenvalue weighted by atomic mass is 10.0. The van der Waals surface area contributed by atoms with E-state index in [4.69, 9.17) is 14.5 Å². The van der Waals surface area contributed by atoms with Gasteiger partial charge in [0, 0.05) is 37.6 Å². The Morgan fingerprint density at radius 2 is 1.76 bits per heavy atom. The van der Waals surface area contributed by atoms with Crippen LogP contribution in [-0.2, 0) is 4.79 Å². The number of fused-ring (bicyclic) bond motifs is 1. The number of ether oxygens (including phenoxy) is 2. The number of thioether (sulfide) groups is 1. The molecule has 0 N–H and O–H groups in total. The van der Waals surface area contributed by atoms with Crippen molar-refractivity contribution in [2.75, 3.05) is 50.3 Å². The maximum absolute atomic E-state index is 13.7. The Hall–Kier alpha value is -3.23. The van der Waals surface area contributed by atoms with Gasteiger partial charge in [-0.15, -0.1) is 0 Å². The molecule has 1 amide bonds. The highest BCUT2D eigenvalue weighted by Gasteiger charge is 2.33. The van der Waals surface area contributed by atoms with Gasteiger partial charge >= 0.3 is 0 Å². The van der Waals surface area contributed by atoms with Crippen LogP contribution in [-0.4, -0.2) is 66.3 Å². The summed E-state index contributed by atoms with van der Waals surface area (Å²) in [6.45, 7) is 15.5. The lowest BCUT2D eigenvalue weighted by Crippen LogP contribution is -2.51. The van der Waals surface area contributed by atoms with E-state index in [0.717, 1.165) is 61.3 Å². The first-order valence-corrected chi connectivity index (χ1v) is 16.1. The van der Waals surface area contributed by atoms with Crippen molar-refractivity contribution in [2.45, 2.75) is 53.9 Å². The van der Waals surface area contributed by atoms with Crippen LogP contribution in [0.15, 0.2) is 58.7 Å². The zero-order valence-electron chi connectivity index (χ0n) is 25.7. The molecule has 3 aliphatic heterocycles. The Kier molecular flexibility index (Phi) is 9.95. The van der Waals surface area contributed by atoms with Crippen molar-refractivity contribution in [3.8, 4) is 11.5 Å². The predicted molar refractivity (Wildman–Crippen MR) is 174 cm³/mol. The molecule has 224 valence electrons. The van der Waals surface area contributed by atoms with E-state index in [1.165, 1.54) is 28.8 Å². The molecule has 0 saturated carbocycles. The first-order chi connectivity index (χ1) is 20.3. The molecule has 0 aliphatic carbocycles. The second-order valence-electron chi connectivity index (χ2n) is 11.9. The molecule has 0 radical (unpaired) electrons. The fourth-order valence-corrected chi connectivity index (χ4v) is 6.86. The van der Waals surface area contributed by atoms with Gasteiger partial charge in [0.05, 0.1) is 6.67 Å². The van der Waals surface area contributed by atoms with Gasteiger partial charge < -0.3 is 14.4 Å². The zero-order chi connectivity index (χ0) is 29.6. The van der Waals surface area contributed by atoms with Crippen LogP contribution in [0.5, 0.6) is 11.5 Å². The average Bonchev–Trinajstić information content (AvgIpc) is 3.54. The lowest BCUT2D eigenvalue weighted by molar-refractivity contribution is -0.124. The van der Waals surface area contributed by atoms with E-state index in [1.54, 1.807) is 11.8 Å². The molecular formula is C34H44N4O3S. The van der Waals surface area contributed by atoms with Crippen LogP contribution >= 0.6 is 11.8 Å². The summed E-state index contributed by atoms with van der Waals surface area (Å²) in [5.41, 5.74) is 6.71. The molecule has 3 heterocycles. The van der Waals surface area contributed by atoms with Gasteiger partial charge in [0.1, 0.15) is 5.70 Å². The summed E-state index contributed by atoms with van der Waals surface area (Å²) in [5, 5.41) is 0.806. The summed E-state index contributed by atoms with van der Waals surface area (Å²) in [6.07, 6.45) is 7.58. The molecule has 2 aromatic rings. The minimum Gasteiger partial charge on any atom is -0.454 e. The number of allylic oxidation sites excluding steroid dienone is 2. The number of carbonyl (C=O) groups excluding carboxylic acids is 1. The second kappa shape index (κ2) is 13.8. The van der Waals surface area contributed by atoms with Crippen LogP contribution in [0.25, 0.3) is 6.08 Å². The number of para-hydroxylation sites is 1. The molecule has 8 heteroatoms. The number of benzene rings is 2. The van der Waals surface area contributed by atoms with Gasteiger partial charge in [-0.2, -0.15) is 0 Å². The molecule has 1 saturated heterocycles. The quantitative estimate of drug-likeness (QED) is 0.223. The number of piperazine rings is 1. The Morgan fingerprint density at radius 3 is 2.50 bits per heavy atom. The van der Waals surface area contributed by atoms with Gasteiger partial charge in [0.25, 0.3) is 5.91 Å². The third kappa shape index (κ3) is 7.39. The van der Waals surface area contributed by atoms with E-state index in [0.29, 0.717) is 24.0 Å². The fraction of sp³-hybridized carbons (Fsp3) is 0.471. The van der Waals surface area contributed by atoms with Crippen LogP contribution in [0.3, 0.4) is 0 Å². The number of aliphatic imine (C=N–C) groups is 1. The summed E-state index contributed by atoms with van der Waals surface area (Å²) in [4.78, 5) is 25.4. The minimum absolute atomic E-state index is 0.0380. The van der Waals surface area contributed by atoms with Gasteiger partial charge in [0.2, 0.25) is 6.79 Å². The number of carbonyl (C=O) groups is 1. The monoisotopic (exact) mass is 588 g/mol. The van der Waals surface area contributed by atoms with Crippen molar-refractivity contribution in [1.82, 2.24) is 9.80 Å². The molecule has 0 aromatic heterocycles. The summed E-state index contributed by atoms with van der Waals surface area (Å²) >= 11 is 1.71. The normalized spacial score (nSPS) is 18.5. The molecule has 7 nitrogen and oxygen atoms in total. The fourth-order valence-electron chi connectivity index (χ4n) is 5.70. The minimum atomic E-state index is -0.0380. The van der Waals surface area contributed by atoms with Crippen molar-refractivity contribution >= 4 is 34.6 Å². The average molecular weight is 589 g/mol. The molecule has 0 spiro atoms. The van der Waals surface area contributed by atoms with Crippen molar-refractivity contribution in [1.29, 1.82) is 0 Å².